The molecule has 2 saturated heterocycles. The van der Waals surface area contributed by atoms with Crippen LogP contribution in [0.1, 0.15) is 41.6 Å². The summed E-state index contributed by atoms with van der Waals surface area (Å²) in [6, 6.07) is 18.4. The molecule has 1 saturated carbocycles. The summed E-state index contributed by atoms with van der Waals surface area (Å²) in [7, 11) is 0. The van der Waals surface area contributed by atoms with Crippen LogP contribution >= 0.6 is 11.8 Å². The van der Waals surface area contributed by atoms with Crippen LogP contribution in [0.25, 0.3) is 6.08 Å². The van der Waals surface area contributed by atoms with E-state index in [1.54, 1.807) is 11.8 Å². The van der Waals surface area contributed by atoms with Crippen molar-refractivity contribution < 1.29 is 9.59 Å². The third-order valence-corrected chi connectivity index (χ3v) is 8.62. The zero-order valence-corrected chi connectivity index (χ0v) is 20.9. The van der Waals surface area contributed by atoms with Crippen LogP contribution in [0.2, 0.25) is 0 Å². The van der Waals surface area contributed by atoms with Crippen molar-refractivity contribution in [2.24, 2.45) is 0 Å². The second-order valence-corrected chi connectivity index (χ2v) is 10.9. The molecule has 3 fully saturated rings. The number of carbonyl (C=O) groups is 2. The maximum Gasteiger partial charge on any atom is 0.257 e. The highest BCUT2D eigenvalue weighted by Crippen LogP contribution is 2.37. The topological polar surface area (TPSA) is 64.7 Å². The van der Waals surface area contributed by atoms with Crippen LogP contribution in [0.3, 0.4) is 0 Å². The number of nitrogens with one attached hydrogen (secondary N) is 2. The van der Waals surface area contributed by atoms with Crippen molar-refractivity contribution in [2.45, 2.75) is 37.0 Å². The Morgan fingerprint density at radius 3 is 2.51 bits per heavy atom. The van der Waals surface area contributed by atoms with Crippen molar-refractivity contribution in [3.05, 3.63) is 70.6 Å². The highest BCUT2D eigenvalue weighted by Gasteiger charge is 2.34. The van der Waals surface area contributed by atoms with Gasteiger partial charge in [-0.15, -0.1) is 11.8 Å². The Morgan fingerprint density at radius 2 is 1.74 bits per heavy atom. The number of nitrogens with zero attached hydrogens (tertiary/aromatic N) is 2. The van der Waals surface area contributed by atoms with E-state index < -0.39 is 0 Å². The van der Waals surface area contributed by atoms with E-state index in [0.717, 1.165) is 56.0 Å². The molecule has 0 bridgehead atoms. The van der Waals surface area contributed by atoms with E-state index in [0.29, 0.717) is 23.4 Å². The van der Waals surface area contributed by atoms with Crippen LogP contribution in [0.5, 0.6) is 0 Å². The number of rotatable bonds is 6. The molecule has 1 aliphatic carbocycles. The van der Waals surface area contributed by atoms with Crippen molar-refractivity contribution in [3.63, 3.8) is 0 Å². The lowest BCUT2D eigenvalue weighted by atomic mass is 9.94. The smallest absolute Gasteiger partial charge is 0.257 e. The average Bonchev–Trinajstić information content (AvgIpc) is 2.90. The monoisotopic (exact) mass is 490 g/mol. The van der Waals surface area contributed by atoms with Crippen molar-refractivity contribution in [1.82, 2.24) is 15.5 Å². The third kappa shape index (κ3) is 6.08. The fraction of sp³-hybridized carbons (Fsp3) is 0.429. The van der Waals surface area contributed by atoms with E-state index in [9.17, 15) is 9.59 Å². The third-order valence-electron chi connectivity index (χ3n) is 7.20. The molecule has 0 spiro atoms. The molecule has 2 aromatic carbocycles. The van der Waals surface area contributed by atoms with Crippen molar-refractivity contribution >= 4 is 35.3 Å². The minimum atomic E-state index is -0.0537. The summed E-state index contributed by atoms with van der Waals surface area (Å²) in [5.41, 5.74) is 2.87. The van der Waals surface area contributed by atoms with Gasteiger partial charge in [0, 0.05) is 61.8 Å². The minimum absolute atomic E-state index is 0.0320. The van der Waals surface area contributed by atoms with Crippen LogP contribution in [0.4, 0.5) is 5.69 Å². The Balaban J connectivity index is 1.07. The number of benzene rings is 2. The van der Waals surface area contributed by atoms with Gasteiger partial charge in [0.1, 0.15) is 0 Å². The molecule has 0 radical (unpaired) electrons. The molecule has 0 aromatic heterocycles. The van der Waals surface area contributed by atoms with Gasteiger partial charge in [-0.2, -0.15) is 0 Å². The van der Waals surface area contributed by atoms with Gasteiger partial charge in [-0.25, -0.2) is 0 Å². The molecule has 3 aliphatic rings. The number of hydrogen-bond donors (Lipinski definition) is 2. The number of carbonyl (C=O) groups excluding carboxylic acids is 2. The van der Waals surface area contributed by atoms with Gasteiger partial charge >= 0.3 is 0 Å². The molecule has 184 valence electrons. The van der Waals surface area contributed by atoms with E-state index in [1.807, 2.05) is 36.4 Å². The summed E-state index contributed by atoms with van der Waals surface area (Å²) < 4.78 is 0. The molecule has 2 aliphatic heterocycles. The number of thioether (sulfide) groups is 1. The van der Waals surface area contributed by atoms with E-state index >= 15 is 0 Å². The first-order chi connectivity index (χ1) is 17.2. The standard InChI is InChI=1S/C28H34N4O2S/c33-27(29-14-15-31-16-18-32(19-17-31)23-6-2-1-3-7-23)22-12-10-21(11-13-22)20-26-28(34)30-24-8-4-5-9-25(24)35-26/h1-3,6-7,10-13,20,24-25H,4-5,8-9,14-19H2,(H,29,33)(H,30,34)/b26-20+. The molecular weight excluding hydrogens is 456 g/mol. The van der Waals surface area contributed by atoms with Gasteiger partial charge in [0.2, 0.25) is 0 Å². The number of hydrogen-bond acceptors (Lipinski definition) is 5. The Hall–Kier alpha value is -2.77. The van der Waals surface area contributed by atoms with Crippen LogP contribution in [-0.4, -0.2) is 67.3 Å². The van der Waals surface area contributed by atoms with Gasteiger partial charge in [0.15, 0.2) is 0 Å². The Labute approximate surface area is 212 Å². The first-order valence-corrected chi connectivity index (χ1v) is 13.6. The second kappa shape index (κ2) is 11.3. The summed E-state index contributed by atoms with van der Waals surface area (Å²) in [5.74, 6) is -0.0217. The zero-order valence-electron chi connectivity index (χ0n) is 20.1. The average molecular weight is 491 g/mol. The minimum Gasteiger partial charge on any atom is -0.369 e. The maximum absolute atomic E-state index is 12.6. The maximum atomic E-state index is 12.6. The molecule has 2 N–H and O–H groups in total. The summed E-state index contributed by atoms with van der Waals surface area (Å²) in [5, 5.41) is 6.72. The second-order valence-electron chi connectivity index (χ2n) is 9.57. The predicted octanol–water partition coefficient (Wildman–Crippen LogP) is 3.75. The van der Waals surface area contributed by atoms with Crippen molar-refractivity contribution in [2.75, 3.05) is 44.2 Å². The van der Waals surface area contributed by atoms with Crippen LogP contribution in [-0.2, 0) is 4.79 Å². The fourth-order valence-corrected chi connectivity index (χ4v) is 6.49. The number of fused-ring (bicyclic) bond motifs is 1. The van der Waals surface area contributed by atoms with Gasteiger partial charge in [-0.05, 0) is 48.7 Å². The Kier molecular flexibility index (Phi) is 7.74. The van der Waals surface area contributed by atoms with Crippen LogP contribution < -0.4 is 15.5 Å². The van der Waals surface area contributed by atoms with Crippen molar-refractivity contribution in [3.8, 4) is 0 Å². The Bertz CT molecular complexity index is 1050. The van der Waals surface area contributed by atoms with E-state index in [4.69, 9.17) is 0 Å². The quantitative estimate of drug-likeness (QED) is 0.604. The van der Waals surface area contributed by atoms with Gasteiger partial charge in [-0.3, -0.25) is 14.5 Å². The van der Waals surface area contributed by atoms with Crippen molar-refractivity contribution in [1.29, 1.82) is 0 Å². The van der Waals surface area contributed by atoms with E-state index in [1.165, 1.54) is 18.5 Å². The fourth-order valence-electron chi connectivity index (χ4n) is 5.14. The van der Waals surface area contributed by atoms with E-state index in [-0.39, 0.29) is 11.8 Å². The van der Waals surface area contributed by atoms with Crippen LogP contribution in [0.15, 0.2) is 59.5 Å². The lowest BCUT2D eigenvalue weighted by Crippen LogP contribution is -2.48. The molecule has 6 nitrogen and oxygen atoms in total. The summed E-state index contributed by atoms with van der Waals surface area (Å²) in [6.07, 6.45) is 6.64. The molecule has 2 aromatic rings. The van der Waals surface area contributed by atoms with E-state index in [2.05, 4.69) is 44.7 Å². The molecule has 7 heteroatoms. The molecule has 2 heterocycles. The predicted molar refractivity (Wildman–Crippen MR) is 144 cm³/mol. The number of piperazine rings is 1. The highest BCUT2D eigenvalue weighted by molar-refractivity contribution is 8.04. The first-order valence-electron chi connectivity index (χ1n) is 12.8. The van der Waals surface area contributed by atoms with Gasteiger partial charge in [0.05, 0.1) is 4.91 Å². The van der Waals surface area contributed by atoms with Gasteiger partial charge in [0.25, 0.3) is 11.8 Å². The summed E-state index contributed by atoms with van der Waals surface area (Å²) >= 11 is 1.71. The SMILES string of the molecule is O=C1NC2CCCCC2S/C1=C/c1ccc(C(=O)NCCN2CCN(c3ccccc3)CC2)cc1. The number of amides is 2. The normalized spacial score (nSPS) is 24.1. The molecular formula is C28H34N4O2S. The largest absolute Gasteiger partial charge is 0.369 e. The van der Waals surface area contributed by atoms with Crippen LogP contribution in [0, 0.1) is 0 Å². The molecule has 35 heavy (non-hydrogen) atoms. The molecule has 2 atom stereocenters. The molecule has 5 rings (SSSR count). The summed E-state index contributed by atoms with van der Waals surface area (Å²) in [4.78, 5) is 30.7. The number of anilines is 1. The Morgan fingerprint density at radius 1 is 1.00 bits per heavy atom. The lowest BCUT2D eigenvalue weighted by molar-refractivity contribution is -0.117. The molecule has 2 amide bonds. The number of para-hydroxylation sites is 1. The zero-order chi connectivity index (χ0) is 24.0. The first kappa shape index (κ1) is 23.9. The lowest BCUT2D eigenvalue weighted by Gasteiger charge is -2.36. The van der Waals surface area contributed by atoms with Gasteiger partial charge < -0.3 is 15.5 Å². The highest BCUT2D eigenvalue weighted by atomic mass is 32.2. The van der Waals surface area contributed by atoms with Gasteiger partial charge in [-0.1, -0.05) is 43.2 Å². The molecule has 2 unspecified atom stereocenters. The summed E-state index contributed by atoms with van der Waals surface area (Å²) in [6.45, 7) is 5.50.